The number of hydrogen-bond donors (Lipinski definition) is 2. The van der Waals surface area contributed by atoms with Gasteiger partial charge in [-0.3, -0.25) is 9.59 Å². The van der Waals surface area contributed by atoms with E-state index in [0.717, 1.165) is 11.8 Å². The van der Waals surface area contributed by atoms with E-state index < -0.39 is 11.5 Å². The van der Waals surface area contributed by atoms with Crippen LogP contribution in [-0.4, -0.2) is 22.5 Å². The van der Waals surface area contributed by atoms with E-state index in [1.54, 1.807) is 0 Å². The molecule has 3 saturated carbocycles. The fraction of sp³-hybridized carbons (Fsp3) is 0.867. The van der Waals surface area contributed by atoms with Gasteiger partial charge in [-0.2, -0.15) is 0 Å². The monoisotopic (exact) mass is 265 g/mol. The summed E-state index contributed by atoms with van der Waals surface area (Å²) in [6.45, 7) is 3.77. The standard InChI is InChI=1S/C15H23NO3/c1-3-15(2,7-10(17)18)16-14(19)13-11-8-4-5-9(6-8)12(11)13/h8-9,11-13H,3-7H2,1-2H3,(H,16,19)(H,17,18)/t8-,9-,11-,12+,13?,15+/m0/s1. The summed E-state index contributed by atoms with van der Waals surface area (Å²) in [5.74, 6) is 2.23. The van der Waals surface area contributed by atoms with E-state index in [9.17, 15) is 9.59 Å². The van der Waals surface area contributed by atoms with Crippen molar-refractivity contribution in [2.75, 3.05) is 0 Å². The minimum absolute atomic E-state index is 0.00412. The number of rotatable bonds is 5. The van der Waals surface area contributed by atoms with Crippen LogP contribution in [-0.2, 0) is 9.59 Å². The van der Waals surface area contributed by atoms with Gasteiger partial charge in [0, 0.05) is 11.5 Å². The summed E-state index contributed by atoms with van der Waals surface area (Å²) in [5.41, 5.74) is -0.598. The first-order valence-corrected chi connectivity index (χ1v) is 7.49. The summed E-state index contributed by atoms with van der Waals surface area (Å²) in [6, 6.07) is 0. The van der Waals surface area contributed by atoms with Gasteiger partial charge in [0.1, 0.15) is 0 Å². The van der Waals surface area contributed by atoms with Crippen molar-refractivity contribution in [2.45, 2.75) is 51.5 Å². The van der Waals surface area contributed by atoms with Gasteiger partial charge in [-0.1, -0.05) is 6.92 Å². The summed E-state index contributed by atoms with van der Waals surface area (Å²) in [5, 5.41) is 12.0. The van der Waals surface area contributed by atoms with E-state index in [0.29, 0.717) is 18.3 Å². The predicted molar refractivity (Wildman–Crippen MR) is 70.4 cm³/mol. The molecule has 0 spiro atoms. The molecule has 4 nitrogen and oxygen atoms in total. The first kappa shape index (κ1) is 12.9. The van der Waals surface area contributed by atoms with Crippen molar-refractivity contribution >= 4 is 11.9 Å². The molecule has 3 aliphatic carbocycles. The maximum absolute atomic E-state index is 12.4. The molecule has 1 unspecified atom stereocenters. The maximum atomic E-state index is 12.4. The van der Waals surface area contributed by atoms with Crippen LogP contribution in [0.4, 0.5) is 0 Å². The Morgan fingerprint density at radius 3 is 2.32 bits per heavy atom. The minimum atomic E-state index is -0.847. The molecular weight excluding hydrogens is 242 g/mol. The van der Waals surface area contributed by atoms with Gasteiger partial charge >= 0.3 is 5.97 Å². The zero-order valence-electron chi connectivity index (χ0n) is 11.7. The topological polar surface area (TPSA) is 66.4 Å². The molecule has 0 heterocycles. The average molecular weight is 265 g/mol. The van der Waals surface area contributed by atoms with E-state index in [2.05, 4.69) is 5.32 Å². The Morgan fingerprint density at radius 1 is 1.26 bits per heavy atom. The number of amides is 1. The first-order valence-electron chi connectivity index (χ1n) is 7.49. The van der Waals surface area contributed by atoms with E-state index in [-0.39, 0.29) is 18.2 Å². The zero-order valence-corrected chi connectivity index (χ0v) is 11.7. The Balaban J connectivity index is 1.62. The van der Waals surface area contributed by atoms with Gasteiger partial charge in [0.25, 0.3) is 0 Å². The molecule has 0 aliphatic heterocycles. The van der Waals surface area contributed by atoms with Gasteiger partial charge in [0.05, 0.1) is 6.42 Å². The SMILES string of the molecule is CC[C@](C)(CC(=O)O)NC(=O)C1[C@@H]2[C@H]3CC[C@@H](C3)[C@H]12. The molecular formula is C15H23NO3. The lowest BCUT2D eigenvalue weighted by Gasteiger charge is -2.28. The van der Waals surface area contributed by atoms with Crippen LogP contribution in [0.3, 0.4) is 0 Å². The number of carbonyl (C=O) groups is 2. The van der Waals surface area contributed by atoms with Crippen molar-refractivity contribution in [3.8, 4) is 0 Å². The van der Waals surface area contributed by atoms with Crippen LogP contribution >= 0.6 is 0 Å². The molecule has 106 valence electrons. The Kier molecular flexibility index (Phi) is 2.88. The number of carboxylic acids is 1. The van der Waals surface area contributed by atoms with Gasteiger partial charge in [-0.25, -0.2) is 0 Å². The van der Waals surface area contributed by atoms with Crippen LogP contribution in [0.5, 0.6) is 0 Å². The molecule has 0 saturated heterocycles. The largest absolute Gasteiger partial charge is 0.481 e. The number of hydrogen-bond acceptors (Lipinski definition) is 2. The Bertz CT molecular complexity index is 406. The van der Waals surface area contributed by atoms with Crippen LogP contribution in [0.15, 0.2) is 0 Å². The quantitative estimate of drug-likeness (QED) is 0.799. The third kappa shape index (κ3) is 2.05. The first-order chi connectivity index (χ1) is 8.95. The van der Waals surface area contributed by atoms with Crippen molar-refractivity contribution in [1.29, 1.82) is 0 Å². The zero-order chi connectivity index (χ0) is 13.8. The fourth-order valence-electron chi connectivity index (χ4n) is 4.65. The Hall–Kier alpha value is -1.06. The van der Waals surface area contributed by atoms with E-state index in [1.807, 2.05) is 13.8 Å². The smallest absolute Gasteiger partial charge is 0.305 e. The summed E-state index contributed by atoms with van der Waals surface area (Å²) in [7, 11) is 0. The number of aliphatic carboxylic acids is 1. The van der Waals surface area contributed by atoms with E-state index >= 15 is 0 Å². The number of carbonyl (C=O) groups excluding carboxylic acids is 1. The van der Waals surface area contributed by atoms with Crippen molar-refractivity contribution in [3.05, 3.63) is 0 Å². The summed E-state index contributed by atoms with van der Waals surface area (Å²) in [6.07, 6.45) is 4.59. The van der Waals surface area contributed by atoms with Crippen LogP contribution in [0.25, 0.3) is 0 Å². The normalized spacial score (nSPS) is 41.5. The second-order valence-corrected chi connectivity index (χ2v) is 6.99. The van der Waals surface area contributed by atoms with Crippen LogP contribution < -0.4 is 5.32 Å². The molecule has 0 aromatic carbocycles. The average Bonchev–Trinajstić information content (AvgIpc) is 2.78. The van der Waals surface area contributed by atoms with Crippen molar-refractivity contribution in [2.24, 2.45) is 29.6 Å². The molecule has 2 bridgehead atoms. The Morgan fingerprint density at radius 2 is 1.84 bits per heavy atom. The lowest BCUT2D eigenvalue weighted by Crippen LogP contribution is -2.48. The Labute approximate surface area is 113 Å². The van der Waals surface area contributed by atoms with Gasteiger partial charge < -0.3 is 10.4 Å². The second-order valence-electron chi connectivity index (χ2n) is 6.99. The third-order valence-corrected chi connectivity index (χ3v) is 5.78. The van der Waals surface area contributed by atoms with E-state index in [1.165, 1.54) is 19.3 Å². The molecule has 3 rings (SSSR count). The molecule has 2 N–H and O–H groups in total. The molecule has 0 radical (unpaired) electrons. The molecule has 0 aromatic heterocycles. The second kappa shape index (κ2) is 4.22. The number of carboxylic acid groups (broad SMARTS) is 1. The molecule has 3 fully saturated rings. The van der Waals surface area contributed by atoms with Crippen molar-refractivity contribution < 1.29 is 14.7 Å². The van der Waals surface area contributed by atoms with Crippen molar-refractivity contribution in [3.63, 3.8) is 0 Å². The summed E-state index contributed by atoms with van der Waals surface area (Å²) >= 11 is 0. The van der Waals surface area contributed by atoms with Gasteiger partial charge in [0.2, 0.25) is 5.91 Å². The third-order valence-electron chi connectivity index (χ3n) is 5.78. The minimum Gasteiger partial charge on any atom is -0.481 e. The highest BCUT2D eigenvalue weighted by molar-refractivity contribution is 5.84. The van der Waals surface area contributed by atoms with Crippen LogP contribution in [0, 0.1) is 29.6 Å². The molecule has 0 aromatic rings. The van der Waals surface area contributed by atoms with Gasteiger partial charge in [-0.05, 0) is 56.3 Å². The fourth-order valence-corrected chi connectivity index (χ4v) is 4.65. The lowest BCUT2D eigenvalue weighted by atomic mass is 9.93. The molecule has 6 atom stereocenters. The molecule has 4 heteroatoms. The maximum Gasteiger partial charge on any atom is 0.305 e. The van der Waals surface area contributed by atoms with Gasteiger partial charge in [-0.15, -0.1) is 0 Å². The van der Waals surface area contributed by atoms with Gasteiger partial charge in [0.15, 0.2) is 0 Å². The highest BCUT2D eigenvalue weighted by Crippen LogP contribution is 2.69. The molecule has 19 heavy (non-hydrogen) atoms. The lowest BCUT2D eigenvalue weighted by molar-refractivity contribution is -0.139. The van der Waals surface area contributed by atoms with Crippen molar-refractivity contribution in [1.82, 2.24) is 5.32 Å². The number of nitrogens with one attached hydrogen (secondary N) is 1. The highest BCUT2D eigenvalue weighted by Gasteiger charge is 2.67. The molecule has 1 amide bonds. The summed E-state index contributed by atoms with van der Waals surface area (Å²) in [4.78, 5) is 23.3. The molecule has 3 aliphatic rings. The highest BCUT2D eigenvalue weighted by atomic mass is 16.4. The van der Waals surface area contributed by atoms with Crippen LogP contribution in [0.1, 0.15) is 46.0 Å². The predicted octanol–water partition coefficient (Wildman–Crippen LogP) is 2.04. The van der Waals surface area contributed by atoms with E-state index in [4.69, 9.17) is 5.11 Å². The number of fused-ring (bicyclic) bond motifs is 5. The van der Waals surface area contributed by atoms with Crippen LogP contribution in [0.2, 0.25) is 0 Å². The summed E-state index contributed by atoms with van der Waals surface area (Å²) < 4.78 is 0.